The van der Waals surface area contributed by atoms with Gasteiger partial charge in [0, 0.05) is 13.1 Å². The third-order valence-electron chi connectivity index (χ3n) is 3.91. The van der Waals surface area contributed by atoms with Gasteiger partial charge in [-0.3, -0.25) is 9.59 Å². The second kappa shape index (κ2) is 7.18. The molecule has 9 heteroatoms. The largest absolute Gasteiger partial charge is 0.457 e. The Labute approximate surface area is 149 Å². The third kappa shape index (κ3) is 3.77. The molecule has 3 rings (SSSR count). The van der Waals surface area contributed by atoms with Gasteiger partial charge in [0.1, 0.15) is 0 Å². The number of carbonyl (C=O) groups excluding carboxylic acids is 2. The molecule has 26 heavy (non-hydrogen) atoms. The zero-order valence-corrected chi connectivity index (χ0v) is 14.1. The molecule has 0 saturated carbocycles. The lowest BCUT2D eigenvalue weighted by molar-refractivity contribution is -0.147. The van der Waals surface area contributed by atoms with Gasteiger partial charge < -0.3 is 21.1 Å². The summed E-state index contributed by atoms with van der Waals surface area (Å²) in [4.78, 5) is 37.1. The van der Waals surface area contributed by atoms with Gasteiger partial charge in [0.05, 0.1) is 12.5 Å². The molecule has 1 amide bonds. The van der Waals surface area contributed by atoms with Crippen LogP contribution in [0.4, 0.5) is 11.9 Å². The second-order valence-electron chi connectivity index (χ2n) is 5.72. The smallest absolute Gasteiger partial charge is 0.308 e. The van der Waals surface area contributed by atoms with Crippen molar-refractivity contribution in [1.82, 2.24) is 19.9 Å². The molecule has 0 spiro atoms. The summed E-state index contributed by atoms with van der Waals surface area (Å²) in [7, 11) is 0. The lowest BCUT2D eigenvalue weighted by atomic mass is 9.94. The van der Waals surface area contributed by atoms with Gasteiger partial charge in [0.15, 0.2) is 12.4 Å². The van der Waals surface area contributed by atoms with Crippen molar-refractivity contribution >= 4 is 29.8 Å². The Bertz CT molecular complexity index is 862. The number of amides is 1. The first-order valence-electron chi connectivity index (χ1n) is 7.91. The first-order valence-corrected chi connectivity index (χ1v) is 7.91. The lowest BCUT2D eigenvalue weighted by Gasteiger charge is -2.32. The molecule has 1 aliphatic heterocycles. The van der Waals surface area contributed by atoms with Crippen LogP contribution in [0.15, 0.2) is 30.5 Å². The Morgan fingerprint density at radius 2 is 1.85 bits per heavy atom. The number of benzene rings is 1. The van der Waals surface area contributed by atoms with Crippen LogP contribution in [0.1, 0.15) is 36.3 Å². The van der Waals surface area contributed by atoms with Crippen molar-refractivity contribution in [2.24, 2.45) is 0 Å². The molecular weight excluding hydrogens is 336 g/mol. The zero-order chi connectivity index (χ0) is 18.7. The van der Waals surface area contributed by atoms with Crippen LogP contribution < -0.4 is 11.5 Å². The first-order chi connectivity index (χ1) is 12.4. The van der Waals surface area contributed by atoms with E-state index in [1.807, 2.05) is 30.3 Å². The van der Waals surface area contributed by atoms with Crippen molar-refractivity contribution < 1.29 is 14.3 Å². The fraction of sp³-hybridized carbons (Fsp3) is 0.235. The topological polar surface area (TPSA) is 137 Å². The summed E-state index contributed by atoms with van der Waals surface area (Å²) in [6, 6.07) is 7.15. The summed E-state index contributed by atoms with van der Waals surface area (Å²) < 4.78 is 5.22. The van der Waals surface area contributed by atoms with Gasteiger partial charge in [-0.05, 0) is 17.2 Å². The normalized spacial score (nSPS) is 15.4. The highest BCUT2D eigenvalue weighted by Gasteiger charge is 2.28. The van der Waals surface area contributed by atoms with Crippen LogP contribution in [0.3, 0.4) is 0 Å². The number of ether oxygens (including phenoxy) is 1. The van der Waals surface area contributed by atoms with E-state index in [9.17, 15) is 9.59 Å². The van der Waals surface area contributed by atoms with Gasteiger partial charge in [-0.15, -0.1) is 0 Å². The molecule has 0 unspecified atom stereocenters. The maximum Gasteiger partial charge on any atom is 0.308 e. The van der Waals surface area contributed by atoms with Crippen molar-refractivity contribution in [3.05, 3.63) is 47.4 Å². The molecule has 1 aliphatic rings. The van der Waals surface area contributed by atoms with E-state index < -0.39 is 12.0 Å². The van der Waals surface area contributed by atoms with Gasteiger partial charge in [-0.25, -0.2) is 0 Å². The molecule has 1 aromatic heterocycles. The Balaban J connectivity index is 1.72. The predicted octanol–water partition coefficient (Wildman–Crippen LogP) is 1.04. The van der Waals surface area contributed by atoms with Gasteiger partial charge in [0.2, 0.25) is 17.8 Å². The van der Waals surface area contributed by atoms with Crippen LogP contribution in [-0.4, -0.2) is 31.7 Å². The van der Waals surface area contributed by atoms with Crippen LogP contribution in [0, 0.1) is 0 Å². The molecule has 9 nitrogen and oxygen atoms in total. The molecule has 2 heterocycles. The Morgan fingerprint density at radius 3 is 2.54 bits per heavy atom. The number of esters is 1. The van der Waals surface area contributed by atoms with Gasteiger partial charge in [-0.2, -0.15) is 15.0 Å². The number of anilines is 2. The SMILES string of the molecule is CC(=O)N1C=Cc2ccccc2[C@H]1CC(=O)OCc1nc(N)nc(N)n1. The number of hydrogen-bond acceptors (Lipinski definition) is 8. The van der Waals surface area contributed by atoms with E-state index in [0.717, 1.165) is 11.1 Å². The fourth-order valence-corrected chi connectivity index (χ4v) is 2.80. The zero-order valence-electron chi connectivity index (χ0n) is 14.1. The van der Waals surface area contributed by atoms with E-state index in [-0.39, 0.29) is 36.7 Å². The molecule has 4 N–H and O–H groups in total. The van der Waals surface area contributed by atoms with Crippen LogP contribution >= 0.6 is 0 Å². The van der Waals surface area contributed by atoms with E-state index in [1.165, 1.54) is 11.8 Å². The van der Waals surface area contributed by atoms with E-state index in [1.54, 1.807) is 6.20 Å². The Kier molecular flexibility index (Phi) is 4.78. The molecule has 0 saturated heterocycles. The molecule has 0 fully saturated rings. The van der Waals surface area contributed by atoms with Crippen molar-refractivity contribution in [2.75, 3.05) is 11.5 Å². The number of nitrogen functional groups attached to an aromatic ring is 2. The molecule has 0 aliphatic carbocycles. The predicted molar refractivity (Wildman–Crippen MR) is 93.8 cm³/mol. The molecule has 0 radical (unpaired) electrons. The van der Waals surface area contributed by atoms with E-state index in [4.69, 9.17) is 16.2 Å². The third-order valence-corrected chi connectivity index (χ3v) is 3.91. The van der Waals surface area contributed by atoms with E-state index in [0.29, 0.717) is 0 Å². The molecular formula is C17H18N6O3. The number of rotatable bonds is 4. The van der Waals surface area contributed by atoms with Crippen molar-refractivity contribution in [3.8, 4) is 0 Å². The van der Waals surface area contributed by atoms with Gasteiger partial charge in [-0.1, -0.05) is 24.3 Å². The van der Waals surface area contributed by atoms with Crippen molar-refractivity contribution in [3.63, 3.8) is 0 Å². The fourth-order valence-electron chi connectivity index (χ4n) is 2.80. The lowest BCUT2D eigenvalue weighted by Crippen LogP contribution is -2.32. The summed E-state index contributed by atoms with van der Waals surface area (Å²) in [5.74, 6) is -0.582. The highest BCUT2D eigenvalue weighted by molar-refractivity contribution is 5.80. The van der Waals surface area contributed by atoms with Gasteiger partial charge in [0.25, 0.3) is 0 Å². The molecule has 1 aromatic carbocycles. The summed E-state index contributed by atoms with van der Waals surface area (Å²) in [5.41, 5.74) is 12.8. The first kappa shape index (κ1) is 17.3. The standard InChI is InChI=1S/C17H18N6O3/c1-10(24)23-7-6-11-4-2-3-5-12(11)13(23)8-15(25)26-9-14-20-16(18)22-17(19)21-14/h2-7,13H,8-9H2,1H3,(H4,18,19,20,21,22)/t13-/m1/s1. The van der Waals surface area contributed by atoms with Crippen LogP contribution in [0.5, 0.6) is 0 Å². The molecule has 2 aromatic rings. The Hall–Kier alpha value is -3.49. The van der Waals surface area contributed by atoms with Crippen LogP contribution in [0.25, 0.3) is 6.08 Å². The van der Waals surface area contributed by atoms with Gasteiger partial charge >= 0.3 is 5.97 Å². The minimum absolute atomic E-state index is 0.00299. The Morgan fingerprint density at radius 1 is 1.15 bits per heavy atom. The van der Waals surface area contributed by atoms with E-state index in [2.05, 4.69) is 15.0 Å². The van der Waals surface area contributed by atoms with E-state index >= 15 is 0 Å². The monoisotopic (exact) mass is 354 g/mol. The average molecular weight is 354 g/mol. The summed E-state index contributed by atoms with van der Waals surface area (Å²) in [6.45, 7) is 1.27. The number of aromatic nitrogens is 3. The molecule has 0 bridgehead atoms. The maximum absolute atomic E-state index is 12.3. The number of fused-ring (bicyclic) bond motifs is 1. The summed E-state index contributed by atoms with van der Waals surface area (Å²) in [5, 5.41) is 0. The average Bonchev–Trinajstić information content (AvgIpc) is 2.59. The molecule has 1 atom stereocenters. The van der Waals surface area contributed by atoms with Crippen LogP contribution in [0.2, 0.25) is 0 Å². The maximum atomic E-state index is 12.3. The quantitative estimate of drug-likeness (QED) is 0.777. The minimum atomic E-state index is -0.496. The number of carbonyl (C=O) groups is 2. The number of hydrogen-bond donors (Lipinski definition) is 2. The summed E-state index contributed by atoms with van der Waals surface area (Å²) in [6.07, 6.45) is 3.52. The van der Waals surface area contributed by atoms with Crippen molar-refractivity contribution in [1.29, 1.82) is 0 Å². The molecule has 134 valence electrons. The highest BCUT2D eigenvalue weighted by Crippen LogP contribution is 2.33. The summed E-state index contributed by atoms with van der Waals surface area (Å²) >= 11 is 0. The van der Waals surface area contributed by atoms with Crippen LogP contribution in [-0.2, 0) is 20.9 Å². The minimum Gasteiger partial charge on any atom is -0.457 e. The number of nitrogens with zero attached hydrogens (tertiary/aromatic N) is 4. The van der Waals surface area contributed by atoms with Crippen molar-refractivity contribution in [2.45, 2.75) is 26.0 Å². The number of nitrogens with two attached hydrogens (primary N) is 2. The highest BCUT2D eigenvalue weighted by atomic mass is 16.5. The second-order valence-corrected chi connectivity index (χ2v) is 5.72.